The van der Waals surface area contributed by atoms with Crippen LogP contribution in [-0.4, -0.2) is 30.8 Å². The van der Waals surface area contributed by atoms with Gasteiger partial charge in [0.05, 0.1) is 17.6 Å². The largest absolute Gasteiger partial charge is 0.378 e. The zero-order chi connectivity index (χ0) is 25.6. The van der Waals surface area contributed by atoms with Crippen molar-refractivity contribution in [2.45, 2.75) is 0 Å². The summed E-state index contributed by atoms with van der Waals surface area (Å²) in [5.74, 6) is -0.258. The summed E-state index contributed by atoms with van der Waals surface area (Å²) in [7, 11) is 3.99. The van der Waals surface area contributed by atoms with Gasteiger partial charge in [0.25, 0.3) is 5.91 Å². The normalized spacial score (nSPS) is 11.0. The van der Waals surface area contributed by atoms with Crippen LogP contribution in [0, 0.1) is 0 Å². The number of nitrogens with one attached hydrogen (secondary N) is 1. The smallest absolute Gasteiger partial charge is 0.271 e. The summed E-state index contributed by atoms with van der Waals surface area (Å²) < 4.78 is 2.22. The van der Waals surface area contributed by atoms with E-state index < -0.39 is 0 Å². The lowest BCUT2D eigenvalue weighted by Crippen LogP contribution is -2.17. The van der Waals surface area contributed by atoms with Crippen molar-refractivity contribution in [3.63, 3.8) is 0 Å². The lowest BCUT2D eigenvalue weighted by molar-refractivity contribution is 0.0955. The topological polar surface area (TPSA) is 49.6 Å². The first-order chi connectivity index (χ1) is 18.1. The first kappa shape index (κ1) is 23.8. The van der Waals surface area contributed by atoms with Crippen LogP contribution in [0.5, 0.6) is 0 Å². The Labute approximate surface area is 217 Å². The summed E-state index contributed by atoms with van der Waals surface area (Å²) in [6, 6.07) is 40.4. The maximum atomic E-state index is 12.7. The molecule has 0 aliphatic carbocycles. The number of benzene rings is 4. The second-order valence-electron chi connectivity index (χ2n) is 8.90. The van der Waals surface area contributed by atoms with Gasteiger partial charge in [-0.25, -0.2) is 5.43 Å². The number of amides is 1. The van der Waals surface area contributed by atoms with Crippen molar-refractivity contribution in [1.82, 2.24) is 9.99 Å². The van der Waals surface area contributed by atoms with Gasteiger partial charge >= 0.3 is 0 Å². The molecule has 0 unspecified atom stereocenters. The monoisotopic (exact) mass is 484 g/mol. The summed E-state index contributed by atoms with van der Waals surface area (Å²) in [5.41, 5.74) is 10.6. The number of rotatable bonds is 7. The molecule has 37 heavy (non-hydrogen) atoms. The van der Waals surface area contributed by atoms with Gasteiger partial charge in [0.15, 0.2) is 0 Å². The molecule has 1 N–H and O–H groups in total. The molecule has 182 valence electrons. The van der Waals surface area contributed by atoms with Crippen LogP contribution in [-0.2, 0) is 0 Å². The number of aromatic nitrogens is 1. The SMILES string of the molecule is CN(C)c1ccc(/C=N\NC(=O)c2ccc(-n3c(-c4ccccc4)ccc3-c3ccccc3)cc2)cc1. The van der Waals surface area contributed by atoms with E-state index in [4.69, 9.17) is 0 Å². The zero-order valence-corrected chi connectivity index (χ0v) is 20.9. The van der Waals surface area contributed by atoms with Crippen LogP contribution in [0.15, 0.2) is 126 Å². The fourth-order valence-corrected chi connectivity index (χ4v) is 4.23. The van der Waals surface area contributed by atoms with E-state index in [1.54, 1.807) is 6.21 Å². The van der Waals surface area contributed by atoms with E-state index in [1.165, 1.54) is 0 Å². The molecule has 5 nitrogen and oxygen atoms in total. The Morgan fingerprint density at radius 2 is 1.24 bits per heavy atom. The van der Waals surface area contributed by atoms with Crippen LogP contribution in [0.2, 0.25) is 0 Å². The number of hydrazone groups is 1. The number of anilines is 1. The molecule has 0 saturated carbocycles. The first-order valence-electron chi connectivity index (χ1n) is 12.1. The van der Waals surface area contributed by atoms with Gasteiger partial charge in [-0.15, -0.1) is 0 Å². The Balaban J connectivity index is 1.38. The van der Waals surface area contributed by atoms with E-state index >= 15 is 0 Å². The highest BCUT2D eigenvalue weighted by Crippen LogP contribution is 2.32. The van der Waals surface area contributed by atoms with E-state index in [2.05, 4.69) is 51.5 Å². The standard InChI is InChI=1S/C32H28N4O/c1-35(2)28-17-13-24(14-18-28)23-33-34-32(37)27-15-19-29(20-16-27)36-30(25-9-5-3-6-10-25)21-22-31(36)26-11-7-4-8-12-26/h3-23H,1-2H3,(H,34,37)/b33-23-. The highest BCUT2D eigenvalue weighted by atomic mass is 16.2. The number of nitrogens with zero attached hydrogens (tertiary/aromatic N) is 3. The second-order valence-corrected chi connectivity index (χ2v) is 8.90. The van der Waals surface area contributed by atoms with Crippen molar-refractivity contribution < 1.29 is 4.79 Å². The maximum absolute atomic E-state index is 12.7. The fourth-order valence-electron chi connectivity index (χ4n) is 4.23. The first-order valence-corrected chi connectivity index (χ1v) is 12.1. The van der Waals surface area contributed by atoms with Crippen LogP contribution in [0.25, 0.3) is 28.2 Å². The number of carbonyl (C=O) groups excluding carboxylic acids is 1. The highest BCUT2D eigenvalue weighted by molar-refractivity contribution is 5.95. The summed E-state index contributed by atoms with van der Waals surface area (Å²) in [4.78, 5) is 14.7. The molecule has 1 amide bonds. The Morgan fingerprint density at radius 1 is 0.703 bits per heavy atom. The predicted octanol–water partition coefficient (Wildman–Crippen LogP) is 6.64. The van der Waals surface area contributed by atoms with Crippen LogP contribution in [0.3, 0.4) is 0 Å². The predicted molar refractivity (Wildman–Crippen MR) is 152 cm³/mol. The molecule has 0 fully saturated rings. The molecule has 0 bridgehead atoms. The molecular weight excluding hydrogens is 456 g/mol. The second kappa shape index (κ2) is 10.8. The molecule has 0 atom stereocenters. The zero-order valence-electron chi connectivity index (χ0n) is 20.9. The molecule has 0 radical (unpaired) electrons. The lowest BCUT2D eigenvalue weighted by atomic mass is 10.1. The van der Waals surface area contributed by atoms with Crippen molar-refractivity contribution in [3.05, 3.63) is 132 Å². The Kier molecular flexibility index (Phi) is 6.95. The molecule has 0 aliphatic rings. The van der Waals surface area contributed by atoms with Gasteiger partial charge in [-0.05, 0) is 65.2 Å². The Morgan fingerprint density at radius 3 is 1.76 bits per heavy atom. The molecular formula is C32H28N4O. The van der Waals surface area contributed by atoms with E-state index in [0.29, 0.717) is 5.56 Å². The molecule has 0 aliphatic heterocycles. The summed E-state index contributed by atoms with van der Waals surface area (Å²) in [6.07, 6.45) is 1.64. The van der Waals surface area contributed by atoms with E-state index in [0.717, 1.165) is 39.5 Å². The van der Waals surface area contributed by atoms with Crippen molar-refractivity contribution in [3.8, 4) is 28.2 Å². The van der Waals surface area contributed by atoms with Gasteiger partial charge in [0, 0.05) is 31.0 Å². The van der Waals surface area contributed by atoms with E-state index in [9.17, 15) is 4.79 Å². The van der Waals surface area contributed by atoms with Crippen molar-refractivity contribution >= 4 is 17.8 Å². The van der Waals surface area contributed by atoms with Gasteiger partial charge in [-0.2, -0.15) is 5.10 Å². The summed E-state index contributed by atoms with van der Waals surface area (Å²) >= 11 is 0. The third kappa shape index (κ3) is 5.36. The molecule has 5 heteroatoms. The third-order valence-corrected chi connectivity index (χ3v) is 6.20. The molecule has 0 saturated heterocycles. The highest BCUT2D eigenvalue weighted by Gasteiger charge is 2.14. The third-order valence-electron chi connectivity index (χ3n) is 6.20. The maximum Gasteiger partial charge on any atom is 0.271 e. The minimum absolute atomic E-state index is 0.258. The van der Waals surface area contributed by atoms with Gasteiger partial charge in [0.2, 0.25) is 0 Å². The fraction of sp³-hybridized carbons (Fsp3) is 0.0625. The molecule has 4 aromatic carbocycles. The number of carbonyl (C=O) groups is 1. The van der Waals surface area contributed by atoms with Crippen molar-refractivity contribution in [2.75, 3.05) is 19.0 Å². The van der Waals surface area contributed by atoms with E-state index in [1.807, 2.05) is 104 Å². The summed E-state index contributed by atoms with van der Waals surface area (Å²) in [5, 5.41) is 4.13. The number of hydrogen-bond donors (Lipinski definition) is 1. The minimum Gasteiger partial charge on any atom is -0.378 e. The quantitative estimate of drug-likeness (QED) is 0.208. The van der Waals surface area contributed by atoms with Crippen LogP contribution < -0.4 is 10.3 Å². The Bertz CT molecular complexity index is 1440. The molecule has 5 aromatic rings. The van der Waals surface area contributed by atoms with Crippen LogP contribution >= 0.6 is 0 Å². The molecule has 0 spiro atoms. The van der Waals surface area contributed by atoms with Crippen molar-refractivity contribution in [2.24, 2.45) is 5.10 Å². The van der Waals surface area contributed by atoms with Crippen LogP contribution in [0.1, 0.15) is 15.9 Å². The Hall–Kier alpha value is -4.90. The van der Waals surface area contributed by atoms with Gasteiger partial charge < -0.3 is 9.47 Å². The molecule has 1 aromatic heterocycles. The average molecular weight is 485 g/mol. The minimum atomic E-state index is -0.258. The summed E-state index contributed by atoms with van der Waals surface area (Å²) in [6.45, 7) is 0. The van der Waals surface area contributed by atoms with Gasteiger partial charge in [-0.3, -0.25) is 4.79 Å². The number of hydrogen-bond acceptors (Lipinski definition) is 3. The van der Waals surface area contributed by atoms with Crippen LogP contribution in [0.4, 0.5) is 5.69 Å². The lowest BCUT2D eigenvalue weighted by Gasteiger charge is -2.15. The molecule has 5 rings (SSSR count). The average Bonchev–Trinajstić information content (AvgIpc) is 3.40. The van der Waals surface area contributed by atoms with Crippen molar-refractivity contribution in [1.29, 1.82) is 0 Å². The molecule has 1 heterocycles. The van der Waals surface area contributed by atoms with Gasteiger partial charge in [0.1, 0.15) is 0 Å². The van der Waals surface area contributed by atoms with E-state index in [-0.39, 0.29) is 5.91 Å². The van der Waals surface area contributed by atoms with Gasteiger partial charge in [-0.1, -0.05) is 72.8 Å².